The molecule has 0 aromatic carbocycles. The summed E-state index contributed by atoms with van der Waals surface area (Å²) >= 11 is 0. The highest BCUT2D eigenvalue weighted by molar-refractivity contribution is 5.17. The van der Waals surface area contributed by atoms with E-state index >= 15 is 0 Å². The van der Waals surface area contributed by atoms with Crippen LogP contribution in [0.25, 0.3) is 0 Å². The van der Waals surface area contributed by atoms with Crippen LogP contribution in [-0.2, 0) is 16.1 Å². The van der Waals surface area contributed by atoms with Crippen LogP contribution >= 0.6 is 0 Å². The second-order valence-electron chi connectivity index (χ2n) is 3.70. The Kier molecular flexibility index (Phi) is 4.05. The molecule has 2 rings (SSSR count). The van der Waals surface area contributed by atoms with Crippen molar-refractivity contribution in [3.05, 3.63) is 5.82 Å². The third-order valence-electron chi connectivity index (χ3n) is 2.40. The van der Waals surface area contributed by atoms with Crippen LogP contribution in [0.5, 0.6) is 6.01 Å². The fraction of sp³-hybridized carbons (Fsp3) is 0.700. The molecule has 94 valence electrons. The van der Waals surface area contributed by atoms with Crippen molar-refractivity contribution in [2.24, 2.45) is 0 Å². The molecule has 1 atom stereocenters. The lowest BCUT2D eigenvalue weighted by Crippen LogP contribution is -2.22. The van der Waals surface area contributed by atoms with E-state index in [1.807, 2.05) is 0 Å². The van der Waals surface area contributed by atoms with Gasteiger partial charge in [0.1, 0.15) is 6.61 Å². The van der Waals surface area contributed by atoms with Gasteiger partial charge in [-0.1, -0.05) is 0 Å². The fourth-order valence-electron chi connectivity index (χ4n) is 1.58. The number of nitrogens with zero attached hydrogens (tertiary/aromatic N) is 3. The fourth-order valence-corrected chi connectivity index (χ4v) is 1.58. The zero-order valence-corrected chi connectivity index (χ0v) is 9.76. The van der Waals surface area contributed by atoms with E-state index in [9.17, 15) is 0 Å². The van der Waals surface area contributed by atoms with Gasteiger partial charge in [0.25, 0.3) is 0 Å². The molecule has 1 aliphatic heterocycles. The van der Waals surface area contributed by atoms with E-state index in [1.54, 1.807) is 0 Å². The summed E-state index contributed by atoms with van der Waals surface area (Å²) in [7, 11) is 1.48. The first-order valence-corrected chi connectivity index (χ1v) is 5.55. The molecule has 1 aromatic heterocycles. The first kappa shape index (κ1) is 12.0. The van der Waals surface area contributed by atoms with Crippen molar-refractivity contribution in [1.29, 1.82) is 0 Å². The van der Waals surface area contributed by atoms with Gasteiger partial charge in [0.15, 0.2) is 12.1 Å². The van der Waals surface area contributed by atoms with Gasteiger partial charge in [-0.3, -0.25) is 0 Å². The number of methoxy groups -OCH3 is 1. The summed E-state index contributed by atoms with van der Waals surface area (Å²) in [5.41, 5.74) is 5.51. The number of aromatic nitrogens is 3. The Labute approximate surface area is 99.3 Å². The lowest BCUT2D eigenvalue weighted by atomic mass is 10.2. The Balaban J connectivity index is 1.91. The molecular weight excluding hydrogens is 224 g/mol. The van der Waals surface area contributed by atoms with E-state index in [0.717, 1.165) is 25.9 Å². The highest BCUT2D eigenvalue weighted by Gasteiger charge is 2.15. The molecule has 7 heteroatoms. The molecule has 0 saturated carbocycles. The number of nitrogen functional groups attached to an aromatic ring is 1. The Morgan fingerprint density at radius 3 is 2.94 bits per heavy atom. The second-order valence-corrected chi connectivity index (χ2v) is 3.70. The van der Waals surface area contributed by atoms with Crippen LogP contribution in [0, 0.1) is 0 Å². The zero-order valence-electron chi connectivity index (χ0n) is 9.76. The second kappa shape index (κ2) is 5.74. The summed E-state index contributed by atoms with van der Waals surface area (Å²) in [6.45, 7) is 0.987. The maximum Gasteiger partial charge on any atom is 0.321 e. The van der Waals surface area contributed by atoms with Crippen molar-refractivity contribution < 1.29 is 14.2 Å². The topological polar surface area (TPSA) is 92.4 Å². The van der Waals surface area contributed by atoms with E-state index in [1.165, 1.54) is 7.11 Å². The van der Waals surface area contributed by atoms with Gasteiger partial charge in [0, 0.05) is 6.61 Å². The average Bonchev–Trinajstić information content (AvgIpc) is 2.37. The van der Waals surface area contributed by atoms with Crippen LogP contribution in [0.3, 0.4) is 0 Å². The van der Waals surface area contributed by atoms with E-state index in [-0.39, 0.29) is 24.9 Å². The van der Waals surface area contributed by atoms with Crippen molar-refractivity contribution in [3.8, 4) is 6.01 Å². The first-order chi connectivity index (χ1) is 8.28. The van der Waals surface area contributed by atoms with Crippen LogP contribution < -0.4 is 10.5 Å². The van der Waals surface area contributed by atoms with Gasteiger partial charge >= 0.3 is 6.01 Å². The minimum absolute atomic E-state index is 0.125. The molecule has 1 fully saturated rings. The van der Waals surface area contributed by atoms with Crippen molar-refractivity contribution in [1.82, 2.24) is 15.0 Å². The van der Waals surface area contributed by atoms with Gasteiger partial charge in [-0.25, -0.2) is 0 Å². The molecule has 0 amide bonds. The van der Waals surface area contributed by atoms with Crippen molar-refractivity contribution in [2.45, 2.75) is 32.2 Å². The normalized spacial score (nSPS) is 20.2. The number of hydrogen-bond donors (Lipinski definition) is 1. The Hall–Kier alpha value is -1.47. The molecule has 1 aliphatic rings. The van der Waals surface area contributed by atoms with E-state index < -0.39 is 0 Å². The molecule has 0 aliphatic carbocycles. The molecular formula is C10H16N4O3. The molecule has 0 spiro atoms. The summed E-state index contributed by atoms with van der Waals surface area (Å²) in [6.07, 6.45) is 2.94. The summed E-state index contributed by atoms with van der Waals surface area (Å²) in [5.74, 6) is 0.573. The standard InChI is InChI=1S/C10H16N4O3/c1-15-10-13-7(12-9(11)14-10)6-17-8-4-2-3-5-16-8/h8H,2-6H2,1H3,(H2,11,12,13,14). The molecule has 2 heterocycles. The highest BCUT2D eigenvalue weighted by atomic mass is 16.7. The SMILES string of the molecule is COc1nc(N)nc(COC2CCCCO2)n1. The Morgan fingerprint density at radius 2 is 2.24 bits per heavy atom. The van der Waals surface area contributed by atoms with Crippen LogP contribution in [0.2, 0.25) is 0 Å². The monoisotopic (exact) mass is 240 g/mol. The van der Waals surface area contributed by atoms with E-state index in [0.29, 0.717) is 5.82 Å². The predicted molar refractivity (Wildman–Crippen MR) is 59.2 cm³/mol. The molecule has 1 aromatic rings. The third kappa shape index (κ3) is 3.50. The van der Waals surface area contributed by atoms with Gasteiger partial charge < -0.3 is 19.9 Å². The molecule has 0 bridgehead atoms. The van der Waals surface area contributed by atoms with Crippen molar-refractivity contribution >= 4 is 5.95 Å². The summed E-state index contributed by atoms with van der Waals surface area (Å²) in [6, 6.07) is 0.195. The van der Waals surface area contributed by atoms with Crippen LogP contribution in [0.4, 0.5) is 5.95 Å². The van der Waals surface area contributed by atoms with E-state index in [4.69, 9.17) is 19.9 Å². The Morgan fingerprint density at radius 1 is 1.35 bits per heavy atom. The summed E-state index contributed by atoms with van der Waals surface area (Å²) in [5, 5.41) is 0. The molecule has 1 saturated heterocycles. The lowest BCUT2D eigenvalue weighted by molar-refractivity contribution is -0.170. The molecule has 17 heavy (non-hydrogen) atoms. The van der Waals surface area contributed by atoms with Gasteiger partial charge in [0.2, 0.25) is 5.95 Å². The van der Waals surface area contributed by atoms with Crippen LogP contribution in [0.15, 0.2) is 0 Å². The third-order valence-corrected chi connectivity index (χ3v) is 2.40. The molecule has 7 nitrogen and oxygen atoms in total. The molecule has 0 radical (unpaired) electrons. The predicted octanol–water partition coefficient (Wildman–Crippen LogP) is 0.506. The number of ether oxygens (including phenoxy) is 3. The minimum Gasteiger partial charge on any atom is -0.467 e. The number of nitrogens with two attached hydrogens (primary N) is 1. The summed E-state index contributed by atoms with van der Waals surface area (Å²) in [4.78, 5) is 11.8. The quantitative estimate of drug-likeness (QED) is 0.819. The average molecular weight is 240 g/mol. The first-order valence-electron chi connectivity index (χ1n) is 5.55. The summed E-state index contributed by atoms with van der Waals surface area (Å²) < 4.78 is 15.9. The number of rotatable bonds is 4. The van der Waals surface area contributed by atoms with Gasteiger partial charge in [-0.2, -0.15) is 15.0 Å². The number of anilines is 1. The van der Waals surface area contributed by atoms with Crippen LogP contribution in [-0.4, -0.2) is 35.0 Å². The largest absolute Gasteiger partial charge is 0.467 e. The van der Waals surface area contributed by atoms with Crippen molar-refractivity contribution in [3.63, 3.8) is 0 Å². The van der Waals surface area contributed by atoms with Crippen LogP contribution in [0.1, 0.15) is 25.1 Å². The molecule has 2 N–H and O–H groups in total. The van der Waals surface area contributed by atoms with Gasteiger partial charge in [0.05, 0.1) is 7.11 Å². The van der Waals surface area contributed by atoms with Gasteiger partial charge in [-0.05, 0) is 19.3 Å². The zero-order chi connectivity index (χ0) is 12.1. The van der Waals surface area contributed by atoms with E-state index in [2.05, 4.69) is 15.0 Å². The smallest absolute Gasteiger partial charge is 0.321 e. The minimum atomic E-state index is -0.173. The maximum atomic E-state index is 5.54. The van der Waals surface area contributed by atoms with Gasteiger partial charge in [-0.15, -0.1) is 0 Å². The van der Waals surface area contributed by atoms with Crippen molar-refractivity contribution in [2.75, 3.05) is 19.5 Å². The highest BCUT2D eigenvalue weighted by Crippen LogP contribution is 2.15. The molecule has 1 unspecified atom stereocenters. The number of hydrogen-bond acceptors (Lipinski definition) is 7. The Bertz CT molecular complexity index is 369. The lowest BCUT2D eigenvalue weighted by Gasteiger charge is -2.22. The maximum absolute atomic E-state index is 5.54.